The molecule has 2 heterocycles. The molecule has 0 aliphatic carbocycles. The number of halogens is 1. The van der Waals surface area contributed by atoms with E-state index in [-0.39, 0.29) is 16.3 Å². The summed E-state index contributed by atoms with van der Waals surface area (Å²) in [6.45, 7) is 11.8. The number of hydrazine groups is 1. The highest BCUT2D eigenvalue weighted by Gasteiger charge is 2.19. The van der Waals surface area contributed by atoms with E-state index in [1.54, 1.807) is 38.4 Å². The summed E-state index contributed by atoms with van der Waals surface area (Å²) in [5, 5.41) is 1.80. The van der Waals surface area contributed by atoms with Crippen molar-refractivity contribution in [3.63, 3.8) is 0 Å². The molecular weight excluding hydrogens is 573 g/mol. The van der Waals surface area contributed by atoms with Gasteiger partial charge in [0.05, 0.1) is 24.9 Å². The number of nitrogens with two attached hydrogens (primary N) is 1. The van der Waals surface area contributed by atoms with Crippen molar-refractivity contribution in [3.05, 3.63) is 72.2 Å². The lowest BCUT2D eigenvalue weighted by Gasteiger charge is -2.30. The number of allylic oxidation sites excluding steroid dienone is 1. The maximum atomic E-state index is 15.1. The molecule has 0 saturated carbocycles. The van der Waals surface area contributed by atoms with E-state index in [0.717, 1.165) is 44.1 Å². The lowest BCUT2D eigenvalue weighted by molar-refractivity contribution is 0.169. The van der Waals surface area contributed by atoms with Crippen molar-refractivity contribution in [2.24, 2.45) is 11.8 Å². The Kier molecular flexibility index (Phi) is 10.8. The topological polar surface area (TPSA) is 119 Å². The van der Waals surface area contributed by atoms with E-state index in [0.29, 0.717) is 41.3 Å². The van der Waals surface area contributed by atoms with Crippen LogP contribution in [0.15, 0.2) is 66.4 Å². The predicted octanol–water partition coefficient (Wildman–Crippen LogP) is 5.64. The van der Waals surface area contributed by atoms with Crippen LogP contribution in [0, 0.1) is 11.7 Å². The van der Waals surface area contributed by atoms with Gasteiger partial charge in [-0.05, 0) is 69.0 Å². The van der Waals surface area contributed by atoms with Gasteiger partial charge in [-0.25, -0.2) is 18.7 Å². The van der Waals surface area contributed by atoms with Crippen LogP contribution in [-0.4, -0.2) is 63.2 Å². The van der Waals surface area contributed by atoms with Crippen molar-refractivity contribution in [1.82, 2.24) is 14.9 Å². The van der Waals surface area contributed by atoms with Crippen LogP contribution in [0.4, 0.5) is 10.1 Å². The summed E-state index contributed by atoms with van der Waals surface area (Å²) in [4.78, 5) is 6.76. The summed E-state index contributed by atoms with van der Waals surface area (Å²) in [5.41, 5.74) is 0.600. The van der Waals surface area contributed by atoms with Gasteiger partial charge >= 0.3 is 0 Å². The molecule has 1 saturated heterocycles. The number of sulfonamides is 1. The zero-order valence-corrected chi connectivity index (χ0v) is 25.7. The molecule has 10 nitrogen and oxygen atoms in total. The quantitative estimate of drug-likeness (QED) is 0.103. The van der Waals surface area contributed by atoms with Crippen LogP contribution in [-0.2, 0) is 10.0 Å². The van der Waals surface area contributed by atoms with Gasteiger partial charge < -0.3 is 24.1 Å². The summed E-state index contributed by atoms with van der Waals surface area (Å²) in [6, 6.07) is 8.93. The van der Waals surface area contributed by atoms with E-state index >= 15 is 4.39 Å². The zero-order valence-electron chi connectivity index (χ0n) is 24.9. The number of hydrogen-bond acceptors (Lipinski definition) is 9. The number of methoxy groups -OCH3 is 1. The van der Waals surface area contributed by atoms with Gasteiger partial charge in [0.2, 0.25) is 0 Å². The van der Waals surface area contributed by atoms with Crippen molar-refractivity contribution in [3.8, 4) is 23.0 Å². The summed E-state index contributed by atoms with van der Waals surface area (Å²) in [6.07, 6.45) is 7.38. The fourth-order valence-corrected chi connectivity index (χ4v) is 5.96. The van der Waals surface area contributed by atoms with Crippen LogP contribution >= 0.6 is 0 Å². The molecule has 3 N–H and O–H groups in total. The highest BCUT2D eigenvalue weighted by molar-refractivity contribution is 7.96. The van der Waals surface area contributed by atoms with Crippen molar-refractivity contribution in [2.75, 3.05) is 44.6 Å². The van der Waals surface area contributed by atoms with Gasteiger partial charge in [0.15, 0.2) is 23.1 Å². The van der Waals surface area contributed by atoms with Gasteiger partial charge in [-0.2, -0.15) is 0 Å². The minimum atomic E-state index is -4.05. The van der Waals surface area contributed by atoms with Gasteiger partial charge in [0, 0.05) is 49.6 Å². The second-order valence-electron chi connectivity index (χ2n) is 10.5. The van der Waals surface area contributed by atoms with Crippen LogP contribution in [0.3, 0.4) is 0 Å². The number of benzene rings is 2. The van der Waals surface area contributed by atoms with Crippen LogP contribution < -0.4 is 24.8 Å². The van der Waals surface area contributed by atoms with Gasteiger partial charge in [-0.3, -0.25) is 9.71 Å². The Labute approximate surface area is 252 Å². The number of rotatable bonds is 14. The molecule has 1 fully saturated rings. The average molecular weight is 614 g/mol. The van der Waals surface area contributed by atoms with Gasteiger partial charge in [-0.1, -0.05) is 13.5 Å². The van der Waals surface area contributed by atoms with Gasteiger partial charge in [-0.15, -0.1) is 0 Å². The fraction of sp³-hybridized carbons (Fsp3) is 0.387. The fourth-order valence-electron chi connectivity index (χ4n) is 4.92. The molecule has 0 bridgehead atoms. The van der Waals surface area contributed by atoms with Crippen LogP contribution in [0.25, 0.3) is 10.9 Å². The Morgan fingerprint density at radius 3 is 2.74 bits per heavy atom. The van der Waals surface area contributed by atoms with Crippen molar-refractivity contribution < 1.29 is 27.0 Å². The molecule has 43 heavy (non-hydrogen) atoms. The van der Waals surface area contributed by atoms with E-state index in [4.69, 9.17) is 20.1 Å². The van der Waals surface area contributed by atoms with Gasteiger partial charge in [0.25, 0.3) is 10.0 Å². The molecule has 1 aliphatic rings. The second-order valence-corrected chi connectivity index (χ2v) is 12.2. The number of piperidine rings is 1. The summed E-state index contributed by atoms with van der Waals surface area (Å²) >= 11 is 0. The summed E-state index contributed by atoms with van der Waals surface area (Å²) < 4.78 is 60.5. The Bertz CT molecular complexity index is 1570. The molecule has 0 radical (unpaired) electrons. The third kappa shape index (κ3) is 8.37. The highest BCUT2D eigenvalue weighted by atomic mass is 32.2. The second kappa shape index (κ2) is 14.5. The number of likely N-dealkylation sites (tertiary alicyclic amines) is 1. The van der Waals surface area contributed by atoms with Crippen LogP contribution in [0.5, 0.6) is 23.0 Å². The first-order valence-electron chi connectivity index (χ1n) is 14.3. The molecule has 0 spiro atoms. The van der Waals surface area contributed by atoms with Crippen LogP contribution in [0.2, 0.25) is 0 Å². The molecule has 3 aromatic rings. The van der Waals surface area contributed by atoms with Crippen molar-refractivity contribution >= 4 is 26.6 Å². The zero-order chi connectivity index (χ0) is 31.0. The molecule has 4 rings (SSSR count). The Morgan fingerprint density at radius 2 is 2.05 bits per heavy atom. The molecule has 2 aromatic carbocycles. The highest BCUT2D eigenvalue weighted by Crippen LogP contribution is 2.38. The maximum absolute atomic E-state index is 15.1. The predicted molar refractivity (Wildman–Crippen MR) is 167 cm³/mol. The first-order chi connectivity index (χ1) is 20.6. The van der Waals surface area contributed by atoms with E-state index in [1.807, 2.05) is 0 Å². The van der Waals surface area contributed by atoms with Gasteiger partial charge in [0.1, 0.15) is 10.7 Å². The lowest BCUT2D eigenvalue weighted by atomic mass is 10.0. The average Bonchev–Trinajstić information content (AvgIpc) is 2.98. The van der Waals surface area contributed by atoms with Crippen LogP contribution in [0.1, 0.15) is 33.1 Å². The van der Waals surface area contributed by atoms with E-state index < -0.39 is 15.8 Å². The number of pyridine rings is 1. The summed E-state index contributed by atoms with van der Waals surface area (Å²) in [5.74, 6) is 6.99. The number of ether oxygens (including phenoxy) is 3. The number of nitrogens with one attached hydrogen (secondary N) is 1. The first kappa shape index (κ1) is 32.1. The molecule has 232 valence electrons. The molecule has 1 aliphatic heterocycles. The van der Waals surface area contributed by atoms with E-state index in [2.05, 4.69) is 28.1 Å². The Morgan fingerprint density at radius 1 is 1.23 bits per heavy atom. The first-order valence-corrected chi connectivity index (χ1v) is 15.8. The SMILES string of the molecule is C=C/C(=C\N(N)CC)S(=O)(=O)Nc1ccc(Oc2ccnc3cc(OCCCN4CCCC(C)C4)c(OC)cc23)c(F)c1. The molecule has 1 aromatic heterocycles. The molecule has 0 amide bonds. The monoisotopic (exact) mass is 613 g/mol. The normalized spacial score (nSPS) is 16.1. The Balaban J connectivity index is 1.47. The molecule has 12 heteroatoms. The van der Waals surface area contributed by atoms with Crippen molar-refractivity contribution in [1.29, 1.82) is 0 Å². The van der Waals surface area contributed by atoms with Crippen molar-refractivity contribution in [2.45, 2.75) is 33.1 Å². The Hall–Kier alpha value is -3.87. The number of fused-ring (bicyclic) bond motifs is 1. The van der Waals surface area contributed by atoms with E-state index in [1.165, 1.54) is 36.2 Å². The lowest BCUT2D eigenvalue weighted by Crippen LogP contribution is -2.35. The standard InChI is InChI=1S/C31H40FN5O5S/c1-5-24(21-37(33)6-2)43(38,39)35-23-10-11-29(26(32)17-23)42-28-12-13-34-27-19-31(30(40-4)18-25(27)28)41-16-8-15-36-14-7-9-22(3)20-36/h5,10-13,17-19,21-22,35H,1,6-9,14-16,20,33H2,2-4H3/b24-21+. The molecule has 1 atom stereocenters. The number of nitrogens with zero attached hydrogens (tertiary/aromatic N) is 3. The maximum Gasteiger partial charge on any atom is 0.263 e. The summed E-state index contributed by atoms with van der Waals surface area (Å²) in [7, 11) is -2.49. The molecular formula is C31H40FN5O5S. The number of hydrogen-bond donors (Lipinski definition) is 2. The third-order valence-corrected chi connectivity index (χ3v) is 8.58. The largest absolute Gasteiger partial charge is 0.493 e. The minimum Gasteiger partial charge on any atom is -0.493 e. The third-order valence-electron chi connectivity index (χ3n) is 7.18. The molecule has 1 unspecified atom stereocenters. The number of aromatic nitrogens is 1. The number of anilines is 1. The van der Waals surface area contributed by atoms with E-state index in [9.17, 15) is 8.42 Å². The smallest absolute Gasteiger partial charge is 0.263 e. The minimum absolute atomic E-state index is 0.00974.